The smallest absolute Gasteiger partial charge is 0.326 e. The third-order valence-corrected chi connectivity index (χ3v) is 3.84. The number of amides is 1. The fourth-order valence-electron chi connectivity index (χ4n) is 1.90. The predicted octanol–water partition coefficient (Wildman–Crippen LogP) is 1.37. The van der Waals surface area contributed by atoms with Crippen molar-refractivity contribution in [3.05, 3.63) is 23.0 Å². The number of thioether (sulfide) groups is 1. The van der Waals surface area contributed by atoms with E-state index in [1.54, 1.807) is 22.5 Å². The summed E-state index contributed by atoms with van der Waals surface area (Å²) in [6.45, 7) is 3.78. The van der Waals surface area contributed by atoms with Crippen molar-refractivity contribution in [2.75, 3.05) is 12.0 Å². The lowest BCUT2D eigenvalue weighted by molar-refractivity contribution is -0.141. The van der Waals surface area contributed by atoms with Crippen LogP contribution in [0.15, 0.2) is 6.08 Å². The van der Waals surface area contributed by atoms with E-state index in [0.717, 1.165) is 17.0 Å². The summed E-state index contributed by atoms with van der Waals surface area (Å²) in [6, 6.07) is -0.856. The van der Waals surface area contributed by atoms with Gasteiger partial charge in [0.15, 0.2) is 0 Å². The zero-order valence-corrected chi connectivity index (χ0v) is 13.5. The van der Waals surface area contributed by atoms with E-state index in [2.05, 4.69) is 10.4 Å². The first kappa shape index (κ1) is 17.3. The number of aryl methyl sites for hydroxylation is 2. The molecule has 0 aliphatic carbocycles. The van der Waals surface area contributed by atoms with E-state index in [-0.39, 0.29) is 0 Å². The summed E-state index contributed by atoms with van der Waals surface area (Å²) in [7, 11) is 1.84. The largest absolute Gasteiger partial charge is 0.480 e. The van der Waals surface area contributed by atoms with Crippen LogP contribution in [0.3, 0.4) is 0 Å². The molecule has 0 spiro atoms. The van der Waals surface area contributed by atoms with Crippen molar-refractivity contribution in [1.29, 1.82) is 0 Å². The van der Waals surface area contributed by atoms with Gasteiger partial charge in [0.25, 0.3) is 0 Å². The van der Waals surface area contributed by atoms with Crippen molar-refractivity contribution in [3.8, 4) is 0 Å². The first-order chi connectivity index (χ1) is 9.86. The van der Waals surface area contributed by atoms with Crippen LogP contribution in [-0.4, -0.2) is 44.8 Å². The number of rotatable bonds is 7. The standard InChI is InChI=1S/C14H21N3O3S/c1-9-11(10(2)17(3)16-9)5-6-13(18)15-12(14(19)20)7-8-21-4/h5-6,12H,7-8H2,1-4H3,(H,15,18)(H,19,20)/b6-5+. The molecule has 1 unspecified atom stereocenters. The average Bonchev–Trinajstić information content (AvgIpc) is 2.66. The normalized spacial score (nSPS) is 12.6. The Hall–Kier alpha value is -1.76. The summed E-state index contributed by atoms with van der Waals surface area (Å²) in [4.78, 5) is 22.9. The minimum atomic E-state index is -1.01. The molecule has 0 saturated heterocycles. The van der Waals surface area contributed by atoms with Gasteiger partial charge in [0.05, 0.1) is 5.69 Å². The summed E-state index contributed by atoms with van der Waals surface area (Å²) < 4.78 is 1.74. The topological polar surface area (TPSA) is 84.2 Å². The molecule has 21 heavy (non-hydrogen) atoms. The minimum Gasteiger partial charge on any atom is -0.480 e. The number of carbonyl (C=O) groups excluding carboxylic acids is 1. The fourth-order valence-corrected chi connectivity index (χ4v) is 2.37. The van der Waals surface area contributed by atoms with E-state index in [4.69, 9.17) is 5.11 Å². The first-order valence-corrected chi connectivity index (χ1v) is 7.96. The molecule has 1 atom stereocenters. The highest BCUT2D eigenvalue weighted by atomic mass is 32.2. The van der Waals surface area contributed by atoms with Gasteiger partial charge < -0.3 is 10.4 Å². The third kappa shape index (κ3) is 4.93. The Bertz CT molecular complexity index is 552. The molecule has 6 nitrogen and oxygen atoms in total. The van der Waals surface area contributed by atoms with Crippen LogP contribution in [0.4, 0.5) is 0 Å². The van der Waals surface area contributed by atoms with E-state index >= 15 is 0 Å². The number of hydrogen-bond donors (Lipinski definition) is 2. The lowest BCUT2D eigenvalue weighted by Crippen LogP contribution is -2.40. The van der Waals surface area contributed by atoms with E-state index < -0.39 is 17.9 Å². The van der Waals surface area contributed by atoms with Crippen LogP contribution in [0.25, 0.3) is 6.08 Å². The fraction of sp³-hybridized carbons (Fsp3) is 0.500. The van der Waals surface area contributed by atoms with E-state index in [0.29, 0.717) is 12.2 Å². The molecule has 1 heterocycles. The Kier molecular flexibility index (Phi) is 6.48. The lowest BCUT2D eigenvalue weighted by atomic mass is 10.1. The van der Waals surface area contributed by atoms with Crippen LogP contribution in [0.2, 0.25) is 0 Å². The Balaban J connectivity index is 2.71. The van der Waals surface area contributed by atoms with Crippen molar-refractivity contribution in [3.63, 3.8) is 0 Å². The number of carbonyl (C=O) groups is 2. The molecule has 0 fully saturated rings. The van der Waals surface area contributed by atoms with E-state index in [1.165, 1.54) is 6.08 Å². The van der Waals surface area contributed by atoms with Gasteiger partial charge >= 0.3 is 5.97 Å². The lowest BCUT2D eigenvalue weighted by Gasteiger charge is -2.12. The molecule has 1 amide bonds. The average molecular weight is 311 g/mol. The van der Waals surface area contributed by atoms with Crippen molar-refractivity contribution in [2.45, 2.75) is 26.3 Å². The molecular weight excluding hydrogens is 290 g/mol. The maximum atomic E-state index is 11.8. The van der Waals surface area contributed by atoms with Crippen LogP contribution in [0, 0.1) is 13.8 Å². The second-order valence-corrected chi connectivity index (χ2v) is 5.71. The molecule has 0 aliphatic rings. The zero-order chi connectivity index (χ0) is 16.0. The van der Waals surface area contributed by atoms with Gasteiger partial charge in [-0.25, -0.2) is 4.79 Å². The monoisotopic (exact) mass is 311 g/mol. The molecule has 2 N–H and O–H groups in total. The van der Waals surface area contributed by atoms with Crippen LogP contribution in [0.1, 0.15) is 23.4 Å². The summed E-state index contributed by atoms with van der Waals surface area (Å²) in [5, 5.41) is 15.8. The molecule has 116 valence electrons. The van der Waals surface area contributed by atoms with Gasteiger partial charge in [-0.2, -0.15) is 16.9 Å². The summed E-state index contributed by atoms with van der Waals surface area (Å²) in [5.74, 6) is -0.743. The van der Waals surface area contributed by atoms with Crippen LogP contribution in [0.5, 0.6) is 0 Å². The second-order valence-electron chi connectivity index (χ2n) is 4.72. The predicted molar refractivity (Wildman–Crippen MR) is 84.3 cm³/mol. The molecule has 7 heteroatoms. The van der Waals surface area contributed by atoms with Gasteiger partial charge in [-0.05, 0) is 38.4 Å². The Morgan fingerprint density at radius 2 is 2.14 bits per heavy atom. The summed E-state index contributed by atoms with van der Waals surface area (Å²) in [5.41, 5.74) is 2.66. The number of nitrogens with one attached hydrogen (secondary N) is 1. The molecule has 0 radical (unpaired) electrons. The van der Waals surface area contributed by atoms with Gasteiger partial charge in [0.2, 0.25) is 5.91 Å². The third-order valence-electron chi connectivity index (χ3n) is 3.19. The second kappa shape index (κ2) is 7.87. The molecule has 0 aromatic carbocycles. The molecule has 0 saturated carbocycles. The molecule has 1 aromatic rings. The van der Waals surface area contributed by atoms with Crippen molar-refractivity contribution in [1.82, 2.24) is 15.1 Å². The molecule has 1 rings (SSSR count). The highest BCUT2D eigenvalue weighted by Crippen LogP contribution is 2.13. The number of nitrogens with zero attached hydrogens (tertiary/aromatic N) is 2. The number of aliphatic carboxylic acids is 1. The highest BCUT2D eigenvalue weighted by molar-refractivity contribution is 7.98. The maximum Gasteiger partial charge on any atom is 0.326 e. The van der Waals surface area contributed by atoms with Gasteiger partial charge in [0.1, 0.15) is 6.04 Å². The molecular formula is C14H21N3O3S. The Morgan fingerprint density at radius 3 is 2.62 bits per heavy atom. The van der Waals surface area contributed by atoms with Gasteiger partial charge in [-0.3, -0.25) is 9.48 Å². The quantitative estimate of drug-likeness (QED) is 0.743. The SMILES string of the molecule is CSCCC(NC(=O)/C=C/c1c(C)nn(C)c1C)C(=O)O. The highest BCUT2D eigenvalue weighted by Gasteiger charge is 2.18. The first-order valence-electron chi connectivity index (χ1n) is 6.57. The van der Waals surface area contributed by atoms with Crippen molar-refractivity contribution < 1.29 is 14.7 Å². The summed E-state index contributed by atoms with van der Waals surface area (Å²) >= 11 is 1.55. The number of carboxylic acids is 1. The number of carboxylic acid groups (broad SMARTS) is 1. The molecule has 0 bridgehead atoms. The summed E-state index contributed by atoms with van der Waals surface area (Å²) in [6.07, 6.45) is 5.32. The Labute approximate surface area is 128 Å². The van der Waals surface area contributed by atoms with Crippen LogP contribution in [-0.2, 0) is 16.6 Å². The van der Waals surface area contributed by atoms with E-state index in [9.17, 15) is 9.59 Å². The van der Waals surface area contributed by atoms with Crippen molar-refractivity contribution >= 4 is 29.7 Å². The molecule has 1 aromatic heterocycles. The minimum absolute atomic E-state index is 0.404. The number of hydrogen-bond acceptors (Lipinski definition) is 4. The van der Waals surface area contributed by atoms with Gasteiger partial charge in [-0.1, -0.05) is 0 Å². The van der Waals surface area contributed by atoms with E-state index in [1.807, 2.05) is 27.2 Å². The van der Waals surface area contributed by atoms with Crippen LogP contribution < -0.4 is 5.32 Å². The van der Waals surface area contributed by atoms with Gasteiger partial charge in [0, 0.05) is 24.4 Å². The Morgan fingerprint density at radius 1 is 1.48 bits per heavy atom. The van der Waals surface area contributed by atoms with Crippen LogP contribution >= 0.6 is 11.8 Å². The zero-order valence-electron chi connectivity index (χ0n) is 12.7. The maximum absolute atomic E-state index is 11.8. The molecule has 0 aliphatic heterocycles. The van der Waals surface area contributed by atoms with Gasteiger partial charge in [-0.15, -0.1) is 0 Å². The van der Waals surface area contributed by atoms with Crippen molar-refractivity contribution in [2.24, 2.45) is 7.05 Å². The number of aromatic nitrogens is 2.